The van der Waals surface area contributed by atoms with Crippen molar-refractivity contribution in [1.82, 2.24) is 9.88 Å². The summed E-state index contributed by atoms with van der Waals surface area (Å²) in [5, 5.41) is 0.706. The number of ether oxygens (including phenoxy) is 1. The lowest BCUT2D eigenvalue weighted by molar-refractivity contribution is -0.118. The van der Waals surface area contributed by atoms with Crippen molar-refractivity contribution in [3.8, 4) is 5.75 Å². The van der Waals surface area contributed by atoms with Gasteiger partial charge in [0.25, 0.3) is 0 Å². The Morgan fingerprint density at radius 3 is 2.58 bits per heavy atom. The van der Waals surface area contributed by atoms with E-state index in [0.29, 0.717) is 30.5 Å². The number of thiazole rings is 1. The van der Waals surface area contributed by atoms with E-state index in [4.69, 9.17) is 9.72 Å². The number of amides is 1. The maximum absolute atomic E-state index is 13.0. The molecule has 9 heteroatoms. The number of rotatable bonds is 10. The summed E-state index contributed by atoms with van der Waals surface area (Å²) < 4.78 is 19.6. The van der Waals surface area contributed by atoms with E-state index < -0.39 is 0 Å². The van der Waals surface area contributed by atoms with Crippen molar-refractivity contribution >= 4 is 56.8 Å². The highest BCUT2D eigenvalue weighted by molar-refractivity contribution is 7.99. The number of fused-ring (bicyclic) bond motifs is 1. The molecule has 0 radical (unpaired) electrons. The zero-order valence-corrected chi connectivity index (χ0v) is 20.3. The molecular formula is C22H27ClFN3O2S2. The van der Waals surface area contributed by atoms with Gasteiger partial charge in [0.05, 0.1) is 16.8 Å². The number of hydrogen-bond donors (Lipinski definition) is 0. The van der Waals surface area contributed by atoms with E-state index in [0.717, 1.165) is 27.4 Å². The minimum absolute atomic E-state index is 0. The minimum Gasteiger partial charge on any atom is -0.494 e. The summed E-state index contributed by atoms with van der Waals surface area (Å²) in [5.74, 6) is 1.22. The van der Waals surface area contributed by atoms with E-state index in [1.807, 2.05) is 44.1 Å². The van der Waals surface area contributed by atoms with Gasteiger partial charge in [-0.15, -0.1) is 24.2 Å². The highest BCUT2D eigenvalue weighted by Gasteiger charge is 2.20. The molecule has 0 fully saturated rings. The van der Waals surface area contributed by atoms with Gasteiger partial charge in [0.1, 0.15) is 11.6 Å². The molecule has 0 bridgehead atoms. The molecule has 1 heterocycles. The van der Waals surface area contributed by atoms with Crippen molar-refractivity contribution in [2.45, 2.75) is 18.2 Å². The van der Waals surface area contributed by atoms with E-state index >= 15 is 0 Å². The molecule has 0 N–H and O–H groups in total. The first-order valence-electron chi connectivity index (χ1n) is 9.83. The van der Waals surface area contributed by atoms with Crippen molar-refractivity contribution < 1.29 is 13.9 Å². The lowest BCUT2D eigenvalue weighted by Gasteiger charge is -2.22. The molecule has 1 aromatic heterocycles. The Kier molecular flexibility index (Phi) is 10.0. The standard InChI is InChI=1S/C22H26FN3O2S2.ClH/c1-4-28-17-7-10-19-20(15-17)30-22(24-19)26(13-12-25(2)3)21(27)11-14-29-18-8-5-16(23)6-9-18;/h5-10,15H,4,11-14H2,1-3H3;1H. The number of hydrogen-bond acceptors (Lipinski definition) is 6. The molecule has 0 aliphatic rings. The van der Waals surface area contributed by atoms with Gasteiger partial charge in [-0.05, 0) is 63.5 Å². The molecule has 0 aliphatic heterocycles. The van der Waals surface area contributed by atoms with E-state index in [1.54, 1.807) is 28.8 Å². The van der Waals surface area contributed by atoms with Crippen LogP contribution in [0.15, 0.2) is 47.4 Å². The summed E-state index contributed by atoms with van der Waals surface area (Å²) >= 11 is 3.05. The smallest absolute Gasteiger partial charge is 0.229 e. The maximum Gasteiger partial charge on any atom is 0.229 e. The first kappa shape index (κ1) is 25.4. The van der Waals surface area contributed by atoms with E-state index in [1.165, 1.54) is 23.5 Å². The van der Waals surface area contributed by atoms with Crippen molar-refractivity contribution in [2.75, 3.05) is 44.4 Å². The van der Waals surface area contributed by atoms with Crippen molar-refractivity contribution in [1.29, 1.82) is 0 Å². The topological polar surface area (TPSA) is 45.7 Å². The van der Waals surface area contributed by atoms with Crippen molar-refractivity contribution in [3.63, 3.8) is 0 Å². The van der Waals surface area contributed by atoms with Gasteiger partial charge < -0.3 is 9.64 Å². The Hall–Kier alpha value is -1.87. The largest absolute Gasteiger partial charge is 0.494 e. The molecule has 0 saturated carbocycles. The summed E-state index contributed by atoms with van der Waals surface area (Å²) in [4.78, 5) is 22.5. The molecule has 3 rings (SSSR count). The van der Waals surface area contributed by atoms with E-state index in [9.17, 15) is 9.18 Å². The van der Waals surface area contributed by atoms with E-state index in [-0.39, 0.29) is 24.1 Å². The zero-order valence-electron chi connectivity index (χ0n) is 17.8. The highest BCUT2D eigenvalue weighted by atomic mass is 35.5. The number of anilines is 1. The summed E-state index contributed by atoms with van der Waals surface area (Å²) in [6.45, 7) is 3.88. The van der Waals surface area contributed by atoms with Gasteiger partial charge in [-0.2, -0.15) is 0 Å². The fraction of sp³-hybridized carbons (Fsp3) is 0.364. The third-order valence-corrected chi connectivity index (χ3v) is 6.42. The van der Waals surface area contributed by atoms with Crippen LogP contribution in [0.2, 0.25) is 0 Å². The number of halogens is 2. The molecule has 168 valence electrons. The quantitative estimate of drug-likeness (QED) is 0.364. The molecule has 3 aromatic rings. The third kappa shape index (κ3) is 7.35. The number of thioether (sulfide) groups is 1. The molecule has 0 atom stereocenters. The van der Waals surface area contributed by atoms with Crippen LogP contribution in [-0.2, 0) is 4.79 Å². The van der Waals surface area contributed by atoms with Gasteiger partial charge in [-0.1, -0.05) is 11.3 Å². The Morgan fingerprint density at radius 2 is 1.90 bits per heavy atom. The number of carbonyl (C=O) groups is 1. The van der Waals surface area contributed by atoms with Crippen LogP contribution in [0.25, 0.3) is 10.2 Å². The van der Waals surface area contributed by atoms with Crippen LogP contribution in [-0.4, -0.2) is 55.3 Å². The number of likely N-dealkylation sites (N-methyl/N-ethyl adjacent to an activating group) is 1. The zero-order chi connectivity index (χ0) is 21.5. The second-order valence-electron chi connectivity index (χ2n) is 6.96. The summed E-state index contributed by atoms with van der Waals surface area (Å²) in [5.41, 5.74) is 0.863. The summed E-state index contributed by atoms with van der Waals surface area (Å²) in [7, 11) is 3.97. The van der Waals surface area contributed by atoms with Crippen molar-refractivity contribution in [3.05, 3.63) is 48.3 Å². The fourth-order valence-corrected chi connectivity index (χ4v) is 4.69. The molecule has 0 aliphatic carbocycles. The van der Waals surface area contributed by atoms with Gasteiger partial charge in [0, 0.05) is 30.2 Å². The number of carbonyl (C=O) groups excluding carboxylic acids is 1. The van der Waals surface area contributed by atoms with Gasteiger partial charge in [0.15, 0.2) is 5.13 Å². The molecule has 2 aromatic carbocycles. The van der Waals surface area contributed by atoms with Gasteiger partial charge in [-0.25, -0.2) is 9.37 Å². The Balaban J connectivity index is 0.00000341. The molecule has 1 amide bonds. The van der Waals surface area contributed by atoms with Crippen LogP contribution in [0, 0.1) is 5.82 Å². The first-order chi connectivity index (χ1) is 14.5. The van der Waals surface area contributed by atoms with Crippen molar-refractivity contribution in [2.24, 2.45) is 0 Å². The average Bonchev–Trinajstić information content (AvgIpc) is 3.12. The van der Waals surface area contributed by atoms with Crippen LogP contribution in [0.4, 0.5) is 9.52 Å². The lowest BCUT2D eigenvalue weighted by atomic mass is 10.3. The van der Waals surface area contributed by atoms with Gasteiger partial charge in [0.2, 0.25) is 5.91 Å². The lowest BCUT2D eigenvalue weighted by Crippen LogP contribution is -2.36. The highest BCUT2D eigenvalue weighted by Crippen LogP contribution is 2.32. The second-order valence-corrected chi connectivity index (χ2v) is 9.14. The van der Waals surface area contributed by atoms with Crippen LogP contribution in [0.3, 0.4) is 0 Å². The summed E-state index contributed by atoms with van der Waals surface area (Å²) in [6.07, 6.45) is 0.385. The number of aromatic nitrogens is 1. The summed E-state index contributed by atoms with van der Waals surface area (Å²) in [6, 6.07) is 12.1. The predicted molar refractivity (Wildman–Crippen MR) is 131 cm³/mol. The molecule has 0 saturated heterocycles. The molecular weight excluding hydrogens is 457 g/mol. The SMILES string of the molecule is CCOc1ccc2nc(N(CCN(C)C)C(=O)CCSc3ccc(F)cc3)sc2c1.Cl. The maximum atomic E-state index is 13.0. The Bertz CT molecular complexity index is 983. The number of benzene rings is 2. The third-order valence-electron chi connectivity index (χ3n) is 4.36. The minimum atomic E-state index is -0.256. The molecule has 5 nitrogen and oxygen atoms in total. The van der Waals surface area contributed by atoms with Crippen LogP contribution in [0.5, 0.6) is 5.75 Å². The monoisotopic (exact) mass is 483 g/mol. The number of nitrogens with zero attached hydrogens (tertiary/aromatic N) is 3. The van der Waals surface area contributed by atoms with Crippen LogP contribution in [0.1, 0.15) is 13.3 Å². The average molecular weight is 484 g/mol. The second kappa shape index (κ2) is 12.2. The first-order valence-corrected chi connectivity index (χ1v) is 11.6. The van der Waals surface area contributed by atoms with Gasteiger partial charge in [-0.3, -0.25) is 9.69 Å². The van der Waals surface area contributed by atoms with Crippen LogP contribution >= 0.6 is 35.5 Å². The molecule has 31 heavy (non-hydrogen) atoms. The Labute approximate surface area is 197 Å². The normalized spacial score (nSPS) is 10.9. The van der Waals surface area contributed by atoms with Gasteiger partial charge >= 0.3 is 0 Å². The fourth-order valence-electron chi connectivity index (χ4n) is 2.81. The Morgan fingerprint density at radius 1 is 1.16 bits per heavy atom. The molecule has 0 spiro atoms. The van der Waals surface area contributed by atoms with E-state index in [2.05, 4.69) is 0 Å². The predicted octanol–water partition coefficient (Wildman–Crippen LogP) is 5.33. The molecule has 0 unspecified atom stereocenters. The van der Waals surface area contributed by atoms with Crippen LogP contribution < -0.4 is 9.64 Å².